The second-order valence-corrected chi connectivity index (χ2v) is 12.7. The lowest BCUT2D eigenvalue weighted by atomic mass is 9.91. The lowest BCUT2D eigenvalue weighted by Gasteiger charge is -2.19. The number of hydrogen-bond acceptors (Lipinski definition) is 5. The summed E-state index contributed by atoms with van der Waals surface area (Å²) >= 11 is 5.79. The molecule has 208 valence electrons. The number of nitrogens with zero attached hydrogens (tertiary/aromatic N) is 1. The van der Waals surface area contributed by atoms with Crippen molar-refractivity contribution in [2.24, 2.45) is 11.8 Å². The Morgan fingerprint density at radius 3 is 2.62 bits per heavy atom. The first-order chi connectivity index (χ1) is 18.3. The molecule has 1 heterocycles. The van der Waals surface area contributed by atoms with E-state index in [1.807, 2.05) is 0 Å². The van der Waals surface area contributed by atoms with Gasteiger partial charge in [-0.2, -0.15) is 0 Å². The number of carbonyl (C=O) groups excluding carboxylic acids is 3. The molecule has 1 aromatic heterocycles. The van der Waals surface area contributed by atoms with Crippen LogP contribution in [0, 0.1) is 17.7 Å². The van der Waals surface area contributed by atoms with Crippen molar-refractivity contribution in [3.05, 3.63) is 64.6 Å². The molecule has 1 amide bonds. The highest BCUT2D eigenvalue weighted by Gasteiger charge is 2.42. The molecule has 0 radical (unpaired) electrons. The van der Waals surface area contributed by atoms with Crippen molar-refractivity contribution in [2.75, 3.05) is 13.0 Å². The number of aromatic nitrogens is 1. The molecule has 12 heteroatoms. The van der Waals surface area contributed by atoms with E-state index in [4.69, 9.17) is 16.3 Å². The van der Waals surface area contributed by atoms with Gasteiger partial charge in [0.25, 0.3) is 0 Å². The number of hydrogen-bond donors (Lipinski definition) is 2. The van der Waals surface area contributed by atoms with Crippen LogP contribution in [-0.2, 0) is 27.2 Å². The van der Waals surface area contributed by atoms with Gasteiger partial charge in [-0.05, 0) is 44.0 Å². The number of carbonyl (C=O) groups is 3. The average molecular weight is 581 g/mol. The van der Waals surface area contributed by atoms with Crippen LogP contribution in [0.3, 0.4) is 0 Å². The average Bonchev–Trinajstić information content (AvgIpc) is 3.43. The first-order valence-electron chi connectivity index (χ1n) is 12.3. The van der Waals surface area contributed by atoms with Gasteiger partial charge in [0, 0.05) is 47.4 Å². The molecule has 0 aliphatic heterocycles. The quantitative estimate of drug-likeness (QED) is 0.254. The topological polar surface area (TPSA) is 115 Å². The smallest absolute Gasteiger partial charge is 0.233 e. The van der Waals surface area contributed by atoms with E-state index >= 15 is 0 Å². The second kappa shape index (κ2) is 11.6. The third-order valence-corrected chi connectivity index (χ3v) is 7.67. The van der Waals surface area contributed by atoms with Crippen molar-refractivity contribution in [1.82, 2.24) is 9.88 Å². The number of rotatable bonds is 10. The fourth-order valence-electron chi connectivity index (χ4n) is 4.88. The number of fused-ring (bicyclic) bond motifs is 1. The first-order valence-corrected chi connectivity index (χ1v) is 14.9. The van der Waals surface area contributed by atoms with Crippen LogP contribution >= 0.6 is 19.0 Å². The molecule has 1 saturated carbocycles. The van der Waals surface area contributed by atoms with Gasteiger partial charge in [-0.25, -0.2) is 8.78 Å². The number of benzene rings is 2. The number of ether oxygens (including phenoxy) is 1. The highest BCUT2D eigenvalue weighted by molar-refractivity contribution is 7.56. The van der Waals surface area contributed by atoms with E-state index in [0.29, 0.717) is 16.5 Å². The number of ketones is 2. The third kappa shape index (κ3) is 6.75. The van der Waals surface area contributed by atoms with Gasteiger partial charge in [-0.1, -0.05) is 23.7 Å². The molecule has 4 atom stereocenters. The summed E-state index contributed by atoms with van der Waals surface area (Å²) < 4.78 is 47.1. The largest absolute Gasteiger partial charge is 0.484 e. The van der Waals surface area contributed by atoms with E-state index in [1.54, 1.807) is 28.8 Å². The Morgan fingerprint density at radius 1 is 1.21 bits per heavy atom. The van der Waals surface area contributed by atoms with E-state index in [-0.39, 0.29) is 53.8 Å². The summed E-state index contributed by atoms with van der Waals surface area (Å²) in [6.45, 7) is 2.19. The minimum atomic E-state index is -3.42. The molecule has 2 aromatic carbocycles. The van der Waals surface area contributed by atoms with Crippen LogP contribution < -0.4 is 10.1 Å². The van der Waals surface area contributed by atoms with Crippen molar-refractivity contribution < 1.29 is 37.4 Å². The number of amides is 1. The molecule has 4 rings (SSSR count). The van der Waals surface area contributed by atoms with Gasteiger partial charge in [0.1, 0.15) is 17.7 Å². The van der Waals surface area contributed by atoms with Gasteiger partial charge in [-0.15, -0.1) is 0 Å². The van der Waals surface area contributed by atoms with Crippen molar-refractivity contribution in [3.63, 3.8) is 0 Å². The molecule has 8 nitrogen and oxygen atoms in total. The fourth-order valence-corrected chi connectivity index (χ4v) is 5.46. The summed E-state index contributed by atoms with van der Waals surface area (Å²) in [5, 5.41) is 3.00. The zero-order valence-electron chi connectivity index (χ0n) is 21.3. The summed E-state index contributed by atoms with van der Waals surface area (Å²) in [6.07, 6.45) is -0.459. The Labute approximate surface area is 228 Å². The molecule has 1 aliphatic rings. The van der Waals surface area contributed by atoms with E-state index < -0.39 is 43.4 Å². The van der Waals surface area contributed by atoms with Gasteiger partial charge in [0.05, 0.1) is 17.5 Å². The van der Waals surface area contributed by atoms with Crippen molar-refractivity contribution in [1.29, 1.82) is 0 Å². The molecular formula is C27H28ClF2N2O6P. The molecule has 1 aliphatic carbocycles. The normalized spacial score (nSPS) is 20.5. The Bertz CT molecular complexity index is 1490. The second-order valence-electron chi connectivity index (χ2n) is 9.91. The molecule has 2 N–H and O–H groups in total. The van der Waals surface area contributed by atoms with Gasteiger partial charge < -0.3 is 19.5 Å². The summed E-state index contributed by atoms with van der Waals surface area (Å²) in [6, 6.07) is 9.14. The molecule has 0 spiro atoms. The number of alkyl halides is 1. The summed E-state index contributed by atoms with van der Waals surface area (Å²) in [7, 11) is -3.42. The maximum atomic E-state index is 14.4. The zero-order valence-corrected chi connectivity index (χ0v) is 23.0. The summed E-state index contributed by atoms with van der Waals surface area (Å²) in [4.78, 5) is 48.0. The Balaban J connectivity index is 1.52. The lowest BCUT2D eigenvalue weighted by molar-refractivity contribution is -0.132. The zero-order chi connectivity index (χ0) is 28.5. The van der Waals surface area contributed by atoms with E-state index in [0.717, 1.165) is 0 Å². The Kier molecular flexibility index (Phi) is 8.59. The van der Waals surface area contributed by atoms with Crippen LogP contribution in [0.5, 0.6) is 5.75 Å². The summed E-state index contributed by atoms with van der Waals surface area (Å²) in [5.74, 6) is -3.37. The molecule has 0 bridgehead atoms. The maximum Gasteiger partial charge on any atom is 0.233 e. The number of nitrogens with one attached hydrogen (secondary N) is 1. The maximum absolute atomic E-state index is 14.4. The molecule has 3 aromatic rings. The molecule has 1 fully saturated rings. The molecular weight excluding hydrogens is 553 g/mol. The van der Waals surface area contributed by atoms with Crippen molar-refractivity contribution >= 4 is 47.3 Å². The minimum absolute atomic E-state index is 0.0826. The lowest BCUT2D eigenvalue weighted by Crippen LogP contribution is -2.36. The molecule has 39 heavy (non-hydrogen) atoms. The predicted molar refractivity (Wildman–Crippen MR) is 143 cm³/mol. The third-order valence-electron chi connectivity index (χ3n) is 6.77. The Morgan fingerprint density at radius 2 is 1.92 bits per heavy atom. The van der Waals surface area contributed by atoms with E-state index in [9.17, 15) is 32.6 Å². The van der Waals surface area contributed by atoms with E-state index in [1.165, 1.54) is 31.9 Å². The molecule has 2 unspecified atom stereocenters. The van der Waals surface area contributed by atoms with Crippen LogP contribution in [0.2, 0.25) is 5.02 Å². The van der Waals surface area contributed by atoms with Gasteiger partial charge >= 0.3 is 0 Å². The fraction of sp³-hybridized carbons (Fsp3) is 0.370. The van der Waals surface area contributed by atoms with Gasteiger partial charge in [0.2, 0.25) is 13.3 Å². The minimum Gasteiger partial charge on any atom is -0.484 e. The molecule has 0 saturated heterocycles. The first kappa shape index (κ1) is 28.9. The van der Waals surface area contributed by atoms with E-state index in [2.05, 4.69) is 5.32 Å². The highest BCUT2D eigenvalue weighted by atomic mass is 35.5. The van der Waals surface area contributed by atoms with Crippen LogP contribution in [0.15, 0.2) is 42.6 Å². The monoisotopic (exact) mass is 580 g/mol. The predicted octanol–water partition coefficient (Wildman–Crippen LogP) is 5.12. The van der Waals surface area contributed by atoms with Crippen molar-refractivity contribution in [2.45, 2.75) is 39.0 Å². The number of halogens is 3. The Hall–Kier alpha value is -3.07. The van der Waals surface area contributed by atoms with Crippen molar-refractivity contribution in [3.8, 4) is 5.75 Å². The van der Waals surface area contributed by atoms with Gasteiger partial charge in [-0.3, -0.25) is 18.9 Å². The van der Waals surface area contributed by atoms with Crippen LogP contribution in [0.4, 0.5) is 8.78 Å². The van der Waals surface area contributed by atoms with Crippen LogP contribution in [0.25, 0.3) is 10.9 Å². The summed E-state index contributed by atoms with van der Waals surface area (Å²) in [5.41, 5.74) is 1.03. The standard InChI is InChI=1S/C27H28ClF2N2O6P/c1-15(33)22-12-32(24-7-6-18(10-19(22)24)38-14-39(2,36)37)13-25(34)20-8-17(29)9-21(20)27(35)31-11-16-4-3-5-23(28)26(16)30/h3-7,10,12,17,20-21H,8-9,11,13-14H2,1-2H3,(H,31,35)(H,36,37)/t17-,20?,21+/m0/s1. The van der Waals surface area contributed by atoms with Crippen LogP contribution in [-0.4, -0.2) is 46.1 Å². The highest BCUT2D eigenvalue weighted by Crippen LogP contribution is 2.37. The SMILES string of the molecule is CC(=O)c1cn(CC(=O)C2C[C@H](F)C[C@H]2C(=O)NCc2cccc(Cl)c2F)c2ccc(OCP(C)(=O)O)cc12. The van der Waals surface area contributed by atoms with Crippen LogP contribution in [0.1, 0.15) is 35.7 Å². The number of Topliss-reactive ketones (excluding diaryl/α,β-unsaturated/α-hetero) is 2. The van der Waals surface area contributed by atoms with Gasteiger partial charge in [0.15, 0.2) is 17.9 Å².